The van der Waals surface area contributed by atoms with Crippen LogP contribution in [-0.2, 0) is 14.5 Å². The Balaban J connectivity index is 2.45. The highest BCUT2D eigenvalue weighted by Gasteiger charge is 2.44. The molecule has 0 fully saturated rings. The second-order valence-electron chi connectivity index (χ2n) is 4.24. The quantitative estimate of drug-likeness (QED) is 0.822. The lowest BCUT2D eigenvalue weighted by Gasteiger charge is -2.31. The average molecular weight is 262 g/mol. The fraction of sp³-hybridized carbons (Fsp3) is 0.308. The van der Waals surface area contributed by atoms with E-state index in [2.05, 4.69) is 5.10 Å². The fourth-order valence-corrected chi connectivity index (χ4v) is 3.03. The van der Waals surface area contributed by atoms with E-state index in [1.54, 1.807) is 0 Å². The predicted molar refractivity (Wildman–Crippen MR) is 72.0 cm³/mol. The summed E-state index contributed by atoms with van der Waals surface area (Å²) in [5, 5.41) is 5.88. The Morgan fingerprint density at radius 3 is 2.33 bits per heavy atom. The van der Waals surface area contributed by atoms with Gasteiger partial charge in [0.1, 0.15) is 4.87 Å². The molecule has 0 N–H and O–H groups in total. The zero-order valence-electron chi connectivity index (χ0n) is 10.5. The van der Waals surface area contributed by atoms with Gasteiger partial charge in [0.15, 0.2) is 10.8 Å². The minimum atomic E-state index is -0.645. The molecule has 1 unspecified atom stereocenters. The van der Waals surface area contributed by atoms with Crippen LogP contribution in [0.2, 0.25) is 0 Å². The summed E-state index contributed by atoms with van der Waals surface area (Å²) in [6.07, 6.45) is 0. The minimum Gasteiger partial charge on any atom is -0.292 e. The standard InChI is InChI=1S/C13H14N2O2S/c1-9(16)12-14-15(10(2)17)13(3,18-12)11-7-5-4-6-8-11/h4-8H,1-3H3. The number of carbonyl (C=O) groups is 2. The molecule has 1 atom stereocenters. The molecule has 18 heavy (non-hydrogen) atoms. The summed E-state index contributed by atoms with van der Waals surface area (Å²) in [5.41, 5.74) is 0.949. The molecule has 1 aromatic carbocycles. The Bertz CT molecular complexity index is 527. The minimum absolute atomic E-state index is 0.120. The highest BCUT2D eigenvalue weighted by Crippen LogP contribution is 2.45. The van der Waals surface area contributed by atoms with E-state index in [0.29, 0.717) is 5.04 Å². The first-order valence-corrected chi connectivity index (χ1v) is 6.41. The lowest BCUT2D eigenvalue weighted by molar-refractivity contribution is -0.131. The van der Waals surface area contributed by atoms with Crippen LogP contribution in [0.4, 0.5) is 0 Å². The third-order valence-corrected chi connectivity index (χ3v) is 4.17. The van der Waals surface area contributed by atoms with Crippen LogP contribution in [-0.4, -0.2) is 21.7 Å². The normalized spacial score (nSPS) is 22.8. The van der Waals surface area contributed by atoms with Crippen LogP contribution in [0.3, 0.4) is 0 Å². The van der Waals surface area contributed by atoms with E-state index in [0.717, 1.165) is 5.56 Å². The first-order valence-electron chi connectivity index (χ1n) is 5.60. The summed E-state index contributed by atoms with van der Waals surface area (Å²) in [7, 11) is 0. The van der Waals surface area contributed by atoms with Crippen LogP contribution in [0.1, 0.15) is 26.3 Å². The molecule has 4 nitrogen and oxygen atoms in total. The van der Waals surface area contributed by atoms with E-state index in [1.807, 2.05) is 37.3 Å². The van der Waals surface area contributed by atoms with Crippen LogP contribution in [0, 0.1) is 0 Å². The molecule has 1 amide bonds. The Morgan fingerprint density at radius 1 is 1.22 bits per heavy atom. The second kappa shape index (κ2) is 4.57. The SMILES string of the molecule is CC(=O)C1=NN(C(C)=O)C(C)(c2ccccc2)S1. The van der Waals surface area contributed by atoms with Gasteiger partial charge in [-0.1, -0.05) is 42.1 Å². The van der Waals surface area contributed by atoms with Crippen LogP contribution in [0.25, 0.3) is 0 Å². The smallest absolute Gasteiger partial charge is 0.241 e. The molecule has 1 aliphatic heterocycles. The monoisotopic (exact) mass is 262 g/mol. The molecule has 2 rings (SSSR count). The highest BCUT2D eigenvalue weighted by molar-refractivity contribution is 8.16. The van der Waals surface area contributed by atoms with Gasteiger partial charge in [0.2, 0.25) is 5.91 Å². The number of Topliss-reactive ketones (excluding diaryl/α,β-unsaturated/α-hetero) is 1. The zero-order valence-corrected chi connectivity index (χ0v) is 11.3. The molecule has 0 saturated heterocycles. The Kier molecular flexibility index (Phi) is 3.26. The largest absolute Gasteiger partial charge is 0.292 e. The van der Waals surface area contributed by atoms with Gasteiger partial charge in [-0.05, 0) is 12.5 Å². The van der Waals surface area contributed by atoms with E-state index in [-0.39, 0.29) is 11.7 Å². The molecular weight excluding hydrogens is 248 g/mol. The predicted octanol–water partition coefficient (Wildman–Crippen LogP) is 2.36. The number of benzene rings is 1. The van der Waals surface area contributed by atoms with Crippen molar-refractivity contribution in [3.05, 3.63) is 35.9 Å². The number of hydrazone groups is 1. The molecule has 0 aliphatic carbocycles. The Hall–Kier alpha value is -1.62. The number of nitrogens with zero attached hydrogens (tertiary/aromatic N) is 2. The van der Waals surface area contributed by atoms with E-state index in [4.69, 9.17) is 0 Å². The lowest BCUT2D eigenvalue weighted by atomic mass is 10.1. The van der Waals surface area contributed by atoms with E-state index < -0.39 is 4.87 Å². The van der Waals surface area contributed by atoms with E-state index >= 15 is 0 Å². The lowest BCUT2D eigenvalue weighted by Crippen LogP contribution is -2.37. The van der Waals surface area contributed by atoms with Crippen molar-refractivity contribution in [2.75, 3.05) is 0 Å². The summed E-state index contributed by atoms with van der Waals surface area (Å²) in [6.45, 7) is 4.81. The van der Waals surface area contributed by atoms with Crippen molar-refractivity contribution >= 4 is 28.5 Å². The molecule has 0 saturated carbocycles. The number of ketones is 1. The van der Waals surface area contributed by atoms with Crippen molar-refractivity contribution in [2.45, 2.75) is 25.6 Å². The summed E-state index contributed by atoms with van der Waals surface area (Å²) in [4.78, 5) is 22.5. The molecule has 0 spiro atoms. The summed E-state index contributed by atoms with van der Waals surface area (Å²) in [6, 6.07) is 9.59. The highest BCUT2D eigenvalue weighted by atomic mass is 32.2. The number of amides is 1. The zero-order chi connectivity index (χ0) is 13.3. The maximum atomic E-state index is 11.7. The molecule has 0 radical (unpaired) electrons. The first kappa shape index (κ1) is 12.8. The van der Waals surface area contributed by atoms with Crippen LogP contribution >= 0.6 is 11.8 Å². The van der Waals surface area contributed by atoms with Gasteiger partial charge in [0, 0.05) is 13.8 Å². The van der Waals surface area contributed by atoms with Crippen molar-refractivity contribution in [1.29, 1.82) is 0 Å². The van der Waals surface area contributed by atoms with Crippen molar-refractivity contribution in [3.63, 3.8) is 0 Å². The van der Waals surface area contributed by atoms with Crippen molar-refractivity contribution in [1.82, 2.24) is 5.01 Å². The van der Waals surface area contributed by atoms with Gasteiger partial charge in [-0.25, -0.2) is 5.01 Å². The number of hydrogen-bond donors (Lipinski definition) is 0. The van der Waals surface area contributed by atoms with Gasteiger partial charge >= 0.3 is 0 Å². The summed E-state index contributed by atoms with van der Waals surface area (Å²) < 4.78 is 0. The maximum Gasteiger partial charge on any atom is 0.241 e. The average Bonchev–Trinajstić information content (AvgIpc) is 2.70. The van der Waals surface area contributed by atoms with Crippen LogP contribution < -0.4 is 0 Å². The van der Waals surface area contributed by atoms with Crippen LogP contribution in [0.15, 0.2) is 35.4 Å². The number of hydrogen-bond acceptors (Lipinski definition) is 4. The number of carbonyl (C=O) groups excluding carboxylic acids is 2. The van der Waals surface area contributed by atoms with Gasteiger partial charge in [-0.15, -0.1) is 0 Å². The molecule has 94 valence electrons. The van der Waals surface area contributed by atoms with E-state index in [1.165, 1.54) is 30.6 Å². The first-order chi connectivity index (χ1) is 8.45. The number of thioether (sulfide) groups is 1. The van der Waals surface area contributed by atoms with Gasteiger partial charge in [0.05, 0.1) is 0 Å². The Morgan fingerprint density at radius 2 is 1.83 bits per heavy atom. The summed E-state index contributed by atoms with van der Waals surface area (Å²) in [5.74, 6) is -0.295. The van der Waals surface area contributed by atoms with Gasteiger partial charge in [-0.3, -0.25) is 9.59 Å². The maximum absolute atomic E-state index is 11.7. The molecule has 1 aromatic rings. The molecule has 0 bridgehead atoms. The van der Waals surface area contributed by atoms with Gasteiger partial charge in [-0.2, -0.15) is 5.10 Å². The molecule has 0 aromatic heterocycles. The number of rotatable bonds is 2. The molecule has 1 heterocycles. The molecule has 5 heteroatoms. The third-order valence-electron chi connectivity index (χ3n) is 2.80. The van der Waals surface area contributed by atoms with Gasteiger partial charge in [0.25, 0.3) is 0 Å². The third kappa shape index (κ3) is 2.06. The molecular formula is C13H14N2O2S. The van der Waals surface area contributed by atoms with Crippen molar-refractivity contribution in [2.24, 2.45) is 5.10 Å². The summed E-state index contributed by atoms with van der Waals surface area (Å²) >= 11 is 1.32. The fourth-order valence-electron chi connectivity index (χ4n) is 1.88. The van der Waals surface area contributed by atoms with Crippen molar-refractivity contribution < 1.29 is 9.59 Å². The van der Waals surface area contributed by atoms with E-state index in [9.17, 15) is 9.59 Å². The molecule has 1 aliphatic rings. The topological polar surface area (TPSA) is 49.7 Å². The van der Waals surface area contributed by atoms with Crippen LogP contribution in [0.5, 0.6) is 0 Å². The van der Waals surface area contributed by atoms with Crippen molar-refractivity contribution in [3.8, 4) is 0 Å². The van der Waals surface area contributed by atoms with Gasteiger partial charge < -0.3 is 0 Å². The second-order valence-corrected chi connectivity index (χ2v) is 5.63. The Labute approximate surface area is 110 Å².